The Morgan fingerprint density at radius 2 is 2.14 bits per heavy atom. The second kappa shape index (κ2) is 8.99. The number of ether oxygens (including phenoxy) is 1. The summed E-state index contributed by atoms with van der Waals surface area (Å²) in [6, 6.07) is 5.82. The van der Waals surface area contributed by atoms with Crippen LogP contribution in [0.5, 0.6) is 5.75 Å². The van der Waals surface area contributed by atoms with Gasteiger partial charge in [-0.3, -0.25) is 9.89 Å². The summed E-state index contributed by atoms with van der Waals surface area (Å²) >= 11 is 0. The van der Waals surface area contributed by atoms with Crippen molar-refractivity contribution in [2.45, 2.75) is 51.5 Å². The molecule has 4 rings (SSSR count). The van der Waals surface area contributed by atoms with Crippen LogP contribution in [0.1, 0.15) is 58.6 Å². The Bertz CT molecular complexity index is 855. The molecule has 1 aromatic carbocycles. The molecular formula is C23H32N4O2. The number of aromatic amines is 1. The van der Waals surface area contributed by atoms with E-state index >= 15 is 0 Å². The molecule has 6 nitrogen and oxygen atoms in total. The van der Waals surface area contributed by atoms with E-state index in [2.05, 4.69) is 15.5 Å². The zero-order chi connectivity index (χ0) is 20.2. The highest BCUT2D eigenvalue weighted by Crippen LogP contribution is 2.27. The highest BCUT2D eigenvalue weighted by atomic mass is 16.5. The molecule has 2 heterocycles. The predicted molar refractivity (Wildman–Crippen MR) is 113 cm³/mol. The van der Waals surface area contributed by atoms with Gasteiger partial charge in [-0.05, 0) is 86.9 Å². The Balaban J connectivity index is 1.49. The van der Waals surface area contributed by atoms with Crippen molar-refractivity contribution in [3.8, 4) is 5.75 Å². The highest BCUT2D eigenvalue weighted by Gasteiger charge is 2.22. The van der Waals surface area contributed by atoms with Gasteiger partial charge in [-0.2, -0.15) is 5.10 Å². The molecule has 1 unspecified atom stereocenters. The molecule has 1 fully saturated rings. The Labute approximate surface area is 173 Å². The van der Waals surface area contributed by atoms with Crippen molar-refractivity contribution in [3.05, 3.63) is 46.3 Å². The molecule has 156 valence electrons. The molecule has 1 aromatic heterocycles. The lowest BCUT2D eigenvalue weighted by atomic mass is 9.96. The Morgan fingerprint density at radius 1 is 1.28 bits per heavy atom. The zero-order valence-electron chi connectivity index (χ0n) is 17.6. The number of hydrogen-bond acceptors (Lipinski definition) is 4. The normalized spacial score (nSPS) is 18.9. The number of carbonyl (C=O) groups excluding carboxylic acids is 1. The average molecular weight is 397 g/mol. The predicted octanol–water partition coefficient (Wildman–Crippen LogP) is 3.11. The summed E-state index contributed by atoms with van der Waals surface area (Å²) in [4.78, 5) is 14.9. The van der Waals surface area contributed by atoms with E-state index in [1.165, 1.54) is 36.9 Å². The van der Waals surface area contributed by atoms with Gasteiger partial charge in [0, 0.05) is 18.3 Å². The van der Waals surface area contributed by atoms with Crippen LogP contribution in [-0.4, -0.2) is 48.3 Å². The number of H-pyrrole nitrogens is 1. The van der Waals surface area contributed by atoms with Crippen LogP contribution in [0.4, 0.5) is 0 Å². The number of nitrogens with zero attached hydrogens (tertiary/aromatic N) is 2. The van der Waals surface area contributed by atoms with Crippen LogP contribution in [-0.2, 0) is 25.8 Å². The number of carbonyl (C=O) groups is 1. The van der Waals surface area contributed by atoms with Gasteiger partial charge in [-0.1, -0.05) is 6.42 Å². The largest absolute Gasteiger partial charge is 0.496 e. The number of nitrogens with one attached hydrogen (secondary N) is 2. The Morgan fingerprint density at radius 3 is 2.93 bits per heavy atom. The monoisotopic (exact) mass is 396 g/mol. The van der Waals surface area contributed by atoms with E-state index in [0.717, 1.165) is 54.9 Å². The van der Waals surface area contributed by atoms with Crippen molar-refractivity contribution in [2.24, 2.45) is 5.92 Å². The Hall–Kier alpha value is -2.34. The minimum Gasteiger partial charge on any atom is -0.496 e. The standard InChI is InChI=1S/C23H32N4O2/c1-27(15-21-19-6-4-3-5-7-20(19)25-26-21)23(28)17-8-9-22(29-2)18(13-17)12-16-10-11-24-14-16/h8-9,13,16,24H,3-7,10-12,14-15H2,1-2H3,(H,25,26). The quantitative estimate of drug-likeness (QED) is 0.736. The number of rotatable bonds is 6. The molecule has 0 bridgehead atoms. The maximum atomic E-state index is 13.1. The number of aromatic nitrogens is 2. The van der Waals surface area contributed by atoms with Crippen LogP contribution in [0.15, 0.2) is 18.2 Å². The molecule has 1 saturated heterocycles. The molecule has 29 heavy (non-hydrogen) atoms. The van der Waals surface area contributed by atoms with E-state index in [-0.39, 0.29) is 5.91 Å². The topological polar surface area (TPSA) is 70.2 Å². The maximum Gasteiger partial charge on any atom is 0.253 e. The summed E-state index contributed by atoms with van der Waals surface area (Å²) in [6.07, 6.45) is 7.92. The van der Waals surface area contributed by atoms with E-state index in [0.29, 0.717) is 12.5 Å². The van der Waals surface area contributed by atoms with Gasteiger partial charge in [0.05, 0.1) is 19.3 Å². The molecule has 6 heteroatoms. The van der Waals surface area contributed by atoms with Crippen molar-refractivity contribution < 1.29 is 9.53 Å². The minimum absolute atomic E-state index is 0.0313. The van der Waals surface area contributed by atoms with E-state index in [1.54, 1.807) is 12.0 Å². The second-order valence-electron chi connectivity index (χ2n) is 8.44. The lowest BCUT2D eigenvalue weighted by Gasteiger charge is -2.19. The van der Waals surface area contributed by atoms with E-state index < -0.39 is 0 Å². The zero-order valence-corrected chi connectivity index (χ0v) is 17.6. The molecule has 0 saturated carbocycles. The first kappa shape index (κ1) is 20.0. The first-order chi connectivity index (χ1) is 14.2. The number of amides is 1. The van der Waals surface area contributed by atoms with Gasteiger partial charge in [0.1, 0.15) is 5.75 Å². The molecule has 1 atom stereocenters. The van der Waals surface area contributed by atoms with Crippen molar-refractivity contribution in [3.63, 3.8) is 0 Å². The highest BCUT2D eigenvalue weighted by molar-refractivity contribution is 5.94. The van der Waals surface area contributed by atoms with E-state index in [1.807, 2.05) is 25.2 Å². The van der Waals surface area contributed by atoms with Gasteiger partial charge in [0.15, 0.2) is 0 Å². The van der Waals surface area contributed by atoms with Crippen LogP contribution >= 0.6 is 0 Å². The van der Waals surface area contributed by atoms with Gasteiger partial charge in [0.25, 0.3) is 5.91 Å². The number of hydrogen-bond donors (Lipinski definition) is 2. The molecular weight excluding hydrogens is 364 g/mol. The summed E-state index contributed by atoms with van der Waals surface area (Å²) in [6.45, 7) is 2.65. The number of benzene rings is 1. The van der Waals surface area contributed by atoms with Crippen LogP contribution in [0.2, 0.25) is 0 Å². The smallest absolute Gasteiger partial charge is 0.253 e. The third-order valence-corrected chi connectivity index (χ3v) is 6.32. The fourth-order valence-corrected chi connectivity index (χ4v) is 4.64. The summed E-state index contributed by atoms with van der Waals surface area (Å²) in [5, 5.41) is 11.1. The number of fused-ring (bicyclic) bond motifs is 1. The van der Waals surface area contributed by atoms with Crippen LogP contribution in [0, 0.1) is 5.92 Å². The third-order valence-electron chi connectivity index (χ3n) is 6.32. The first-order valence-electron chi connectivity index (χ1n) is 10.8. The first-order valence-corrected chi connectivity index (χ1v) is 10.8. The SMILES string of the molecule is COc1ccc(C(=O)N(C)Cc2n[nH]c3c2CCCCC3)cc1CC1CCNC1. The molecule has 2 N–H and O–H groups in total. The van der Waals surface area contributed by atoms with Gasteiger partial charge in [0.2, 0.25) is 0 Å². The molecule has 2 aromatic rings. The van der Waals surface area contributed by atoms with Crippen LogP contribution < -0.4 is 10.1 Å². The maximum absolute atomic E-state index is 13.1. The fourth-order valence-electron chi connectivity index (χ4n) is 4.64. The van der Waals surface area contributed by atoms with Crippen molar-refractivity contribution in [1.82, 2.24) is 20.4 Å². The summed E-state index contributed by atoms with van der Waals surface area (Å²) < 4.78 is 5.55. The second-order valence-corrected chi connectivity index (χ2v) is 8.44. The van der Waals surface area contributed by atoms with Crippen LogP contribution in [0.25, 0.3) is 0 Å². The van der Waals surface area contributed by atoms with Crippen LogP contribution in [0.3, 0.4) is 0 Å². The van der Waals surface area contributed by atoms with Gasteiger partial charge >= 0.3 is 0 Å². The number of aryl methyl sites for hydroxylation is 1. The van der Waals surface area contributed by atoms with E-state index in [4.69, 9.17) is 4.74 Å². The Kier molecular flexibility index (Phi) is 6.19. The van der Waals surface area contributed by atoms with E-state index in [9.17, 15) is 4.79 Å². The average Bonchev–Trinajstić information content (AvgIpc) is 3.31. The van der Waals surface area contributed by atoms with Gasteiger partial charge in [-0.25, -0.2) is 0 Å². The van der Waals surface area contributed by atoms with Crippen molar-refractivity contribution in [2.75, 3.05) is 27.2 Å². The molecule has 0 spiro atoms. The molecule has 1 amide bonds. The summed E-state index contributed by atoms with van der Waals surface area (Å²) in [7, 11) is 3.56. The summed E-state index contributed by atoms with van der Waals surface area (Å²) in [5.41, 5.74) is 5.44. The molecule has 0 radical (unpaired) electrons. The summed E-state index contributed by atoms with van der Waals surface area (Å²) in [5.74, 6) is 1.50. The van der Waals surface area contributed by atoms with Crippen molar-refractivity contribution >= 4 is 5.91 Å². The third kappa shape index (κ3) is 4.47. The molecule has 1 aliphatic heterocycles. The van der Waals surface area contributed by atoms with Gasteiger partial charge < -0.3 is 15.0 Å². The fraction of sp³-hybridized carbons (Fsp3) is 0.565. The van der Waals surface area contributed by atoms with Crippen molar-refractivity contribution in [1.29, 1.82) is 0 Å². The lowest BCUT2D eigenvalue weighted by Crippen LogP contribution is -2.27. The minimum atomic E-state index is 0.0313. The molecule has 1 aliphatic carbocycles. The molecule has 2 aliphatic rings. The number of methoxy groups -OCH3 is 1. The lowest BCUT2D eigenvalue weighted by molar-refractivity contribution is 0.0783. The van der Waals surface area contributed by atoms with Gasteiger partial charge in [-0.15, -0.1) is 0 Å².